The van der Waals surface area contributed by atoms with Crippen molar-refractivity contribution in [1.29, 1.82) is 0 Å². The summed E-state index contributed by atoms with van der Waals surface area (Å²) in [4.78, 5) is 0.989. The van der Waals surface area contributed by atoms with Crippen LogP contribution >= 0.6 is 11.3 Å². The molecule has 1 aromatic rings. The molecule has 1 aromatic heterocycles. The Labute approximate surface area is 129 Å². The summed E-state index contributed by atoms with van der Waals surface area (Å²) in [5.41, 5.74) is 0.966. The van der Waals surface area contributed by atoms with Crippen molar-refractivity contribution in [3.63, 3.8) is 0 Å². The second-order valence-corrected chi connectivity index (χ2v) is 11.5. The van der Waals surface area contributed by atoms with Gasteiger partial charge in [-0.05, 0) is 44.7 Å². The van der Waals surface area contributed by atoms with Crippen LogP contribution in [0.25, 0.3) is 0 Å². The summed E-state index contributed by atoms with van der Waals surface area (Å²) >= 11 is 1.27. The van der Waals surface area contributed by atoms with Gasteiger partial charge in [-0.2, -0.15) is 4.31 Å². The molecule has 1 aliphatic heterocycles. The highest BCUT2D eigenvalue weighted by molar-refractivity contribution is 7.92. The summed E-state index contributed by atoms with van der Waals surface area (Å²) in [5, 5.41) is 0. The molecular weight excluding hydrogens is 330 g/mol. The van der Waals surface area contributed by atoms with Gasteiger partial charge in [0.1, 0.15) is 4.21 Å². The van der Waals surface area contributed by atoms with E-state index in [-0.39, 0.29) is 17.5 Å². The topological polar surface area (TPSA) is 71.5 Å². The van der Waals surface area contributed by atoms with E-state index in [0.29, 0.717) is 10.6 Å². The van der Waals surface area contributed by atoms with Crippen molar-refractivity contribution in [2.75, 3.05) is 11.5 Å². The molecule has 1 atom stereocenters. The van der Waals surface area contributed by atoms with E-state index in [1.807, 2.05) is 13.8 Å². The molecule has 118 valence electrons. The maximum Gasteiger partial charge on any atom is 0.253 e. The Hall–Kier alpha value is -0.440. The molecule has 8 heteroatoms. The van der Waals surface area contributed by atoms with Crippen molar-refractivity contribution in [3.8, 4) is 0 Å². The fourth-order valence-electron chi connectivity index (χ4n) is 2.77. The van der Waals surface area contributed by atoms with E-state index < -0.39 is 25.9 Å². The summed E-state index contributed by atoms with van der Waals surface area (Å²) in [6.07, 6.45) is 2.08. The van der Waals surface area contributed by atoms with Gasteiger partial charge in [0, 0.05) is 17.0 Å². The fourth-order valence-corrected chi connectivity index (χ4v) is 8.09. The summed E-state index contributed by atoms with van der Waals surface area (Å²) in [7, 11) is -6.68. The average Bonchev–Trinajstić information content (AvgIpc) is 3.04. The molecule has 0 bridgehead atoms. The van der Waals surface area contributed by atoms with Crippen molar-refractivity contribution in [2.45, 2.75) is 49.4 Å². The molecule has 0 aromatic carbocycles. The number of sulfonamides is 1. The second-order valence-electron chi connectivity index (χ2n) is 5.93. The minimum absolute atomic E-state index is 0.0176. The smallest absolute Gasteiger partial charge is 0.229 e. The molecule has 0 spiro atoms. The predicted octanol–water partition coefficient (Wildman–Crippen LogP) is 1.71. The minimum Gasteiger partial charge on any atom is -0.229 e. The van der Waals surface area contributed by atoms with Gasteiger partial charge in [0.25, 0.3) is 10.0 Å². The molecule has 3 rings (SSSR count). The summed E-state index contributed by atoms with van der Waals surface area (Å²) in [6, 6.07) is 1.29. The van der Waals surface area contributed by atoms with Gasteiger partial charge in [0.2, 0.25) is 0 Å². The molecule has 5 nitrogen and oxygen atoms in total. The van der Waals surface area contributed by atoms with Crippen molar-refractivity contribution in [2.24, 2.45) is 0 Å². The van der Waals surface area contributed by atoms with E-state index in [4.69, 9.17) is 0 Å². The first kappa shape index (κ1) is 15.5. The van der Waals surface area contributed by atoms with Crippen molar-refractivity contribution < 1.29 is 16.8 Å². The lowest BCUT2D eigenvalue weighted by Gasteiger charge is -2.26. The number of hydrogen-bond donors (Lipinski definition) is 0. The summed E-state index contributed by atoms with van der Waals surface area (Å²) in [5.74, 6) is 0.0605. The molecule has 1 saturated carbocycles. The Morgan fingerprint density at radius 3 is 2.29 bits per heavy atom. The van der Waals surface area contributed by atoms with Gasteiger partial charge < -0.3 is 0 Å². The quantitative estimate of drug-likeness (QED) is 0.829. The molecule has 1 saturated heterocycles. The highest BCUT2D eigenvalue weighted by Crippen LogP contribution is 2.39. The normalized spacial score (nSPS) is 25.6. The zero-order valence-corrected chi connectivity index (χ0v) is 14.5. The molecule has 2 heterocycles. The van der Waals surface area contributed by atoms with Gasteiger partial charge in [0.15, 0.2) is 9.84 Å². The predicted molar refractivity (Wildman–Crippen MR) is 82.9 cm³/mol. The van der Waals surface area contributed by atoms with Gasteiger partial charge in [-0.15, -0.1) is 11.3 Å². The monoisotopic (exact) mass is 349 g/mol. The first-order valence-corrected chi connectivity index (χ1v) is 11.1. The standard InChI is InChI=1S/C13H19NO4S3/c1-9-7-13(19-10(9)2)21(17,18)14(11-3-4-11)12-5-6-20(15,16)8-12/h7,11-12H,3-6,8H2,1-2H3/t12-/m1/s1. The van der Waals surface area contributed by atoms with Crippen molar-refractivity contribution in [1.82, 2.24) is 4.31 Å². The van der Waals surface area contributed by atoms with Gasteiger partial charge >= 0.3 is 0 Å². The maximum absolute atomic E-state index is 12.9. The van der Waals surface area contributed by atoms with Crippen LogP contribution in [0.5, 0.6) is 0 Å². The Morgan fingerprint density at radius 2 is 1.86 bits per heavy atom. The van der Waals surface area contributed by atoms with E-state index in [9.17, 15) is 16.8 Å². The number of aryl methyl sites for hydroxylation is 2. The summed E-state index contributed by atoms with van der Waals surface area (Å²) < 4.78 is 51.1. The first-order valence-electron chi connectivity index (χ1n) is 7.02. The zero-order valence-electron chi connectivity index (χ0n) is 12.1. The van der Waals surface area contributed by atoms with Crippen LogP contribution < -0.4 is 0 Å². The Morgan fingerprint density at radius 1 is 1.19 bits per heavy atom. The van der Waals surface area contributed by atoms with Gasteiger partial charge in [-0.25, -0.2) is 16.8 Å². The van der Waals surface area contributed by atoms with Gasteiger partial charge in [0.05, 0.1) is 11.5 Å². The van der Waals surface area contributed by atoms with Crippen molar-refractivity contribution in [3.05, 3.63) is 16.5 Å². The van der Waals surface area contributed by atoms with Crippen LogP contribution in [-0.2, 0) is 19.9 Å². The van der Waals surface area contributed by atoms with Crippen LogP contribution in [-0.4, -0.2) is 44.7 Å². The van der Waals surface area contributed by atoms with Gasteiger partial charge in [-0.1, -0.05) is 0 Å². The molecule has 0 N–H and O–H groups in total. The van der Waals surface area contributed by atoms with Crippen LogP contribution in [0.4, 0.5) is 0 Å². The van der Waals surface area contributed by atoms with E-state index in [2.05, 4.69) is 0 Å². The Bertz CT molecular complexity index is 740. The van der Waals surface area contributed by atoms with Crippen LogP contribution in [0.2, 0.25) is 0 Å². The summed E-state index contributed by atoms with van der Waals surface area (Å²) in [6.45, 7) is 3.80. The van der Waals surface area contributed by atoms with E-state index in [0.717, 1.165) is 23.3 Å². The van der Waals surface area contributed by atoms with E-state index >= 15 is 0 Å². The second kappa shape index (κ2) is 5.04. The largest absolute Gasteiger partial charge is 0.253 e. The molecule has 21 heavy (non-hydrogen) atoms. The molecule has 0 amide bonds. The minimum atomic E-state index is -3.59. The number of sulfone groups is 1. The Kier molecular flexibility index (Phi) is 3.71. The van der Waals surface area contributed by atoms with Crippen molar-refractivity contribution >= 4 is 31.2 Å². The molecule has 2 fully saturated rings. The van der Waals surface area contributed by atoms with Crippen LogP contribution in [0.15, 0.2) is 10.3 Å². The molecular formula is C13H19NO4S3. The number of nitrogens with zero attached hydrogens (tertiary/aromatic N) is 1. The molecule has 0 unspecified atom stereocenters. The molecule has 1 aliphatic carbocycles. The lowest BCUT2D eigenvalue weighted by Crippen LogP contribution is -2.42. The van der Waals surface area contributed by atoms with E-state index in [1.54, 1.807) is 6.07 Å². The number of hydrogen-bond acceptors (Lipinski definition) is 5. The van der Waals surface area contributed by atoms with Crippen LogP contribution in [0, 0.1) is 13.8 Å². The van der Waals surface area contributed by atoms with E-state index in [1.165, 1.54) is 15.6 Å². The third kappa shape index (κ3) is 2.91. The lowest BCUT2D eigenvalue weighted by atomic mass is 10.2. The number of thiophene rings is 1. The highest BCUT2D eigenvalue weighted by atomic mass is 32.2. The van der Waals surface area contributed by atoms with Crippen LogP contribution in [0.3, 0.4) is 0 Å². The Balaban J connectivity index is 1.97. The third-order valence-electron chi connectivity index (χ3n) is 4.15. The highest BCUT2D eigenvalue weighted by Gasteiger charge is 2.46. The van der Waals surface area contributed by atoms with Crippen LogP contribution in [0.1, 0.15) is 29.7 Å². The van der Waals surface area contributed by atoms with Gasteiger partial charge in [-0.3, -0.25) is 0 Å². The third-order valence-corrected chi connectivity index (χ3v) is 9.51. The fraction of sp³-hybridized carbons (Fsp3) is 0.692. The lowest BCUT2D eigenvalue weighted by molar-refractivity contribution is 0.333. The molecule has 0 radical (unpaired) electrons. The maximum atomic E-state index is 12.9. The zero-order chi connectivity index (χ0) is 15.4. The first-order chi connectivity index (χ1) is 9.71. The average molecular weight is 349 g/mol. The SMILES string of the molecule is Cc1cc(S(=O)(=O)N(C2CC2)[C@@H]2CCS(=O)(=O)C2)sc1C. The molecule has 2 aliphatic rings. The number of rotatable bonds is 4.